The summed E-state index contributed by atoms with van der Waals surface area (Å²) in [5.41, 5.74) is 6.47. The smallest absolute Gasteiger partial charge is 0.387 e. The highest BCUT2D eigenvalue weighted by molar-refractivity contribution is 5.90. The molecule has 4 N–H and O–H groups in total. The molecule has 1 aliphatic heterocycles. The summed E-state index contributed by atoms with van der Waals surface area (Å²) in [7, 11) is 0. The van der Waals surface area contributed by atoms with E-state index in [-0.39, 0.29) is 23.6 Å². The van der Waals surface area contributed by atoms with Crippen LogP contribution in [-0.4, -0.2) is 49.6 Å². The predicted octanol–water partition coefficient (Wildman–Crippen LogP) is 1.92. The van der Waals surface area contributed by atoms with E-state index < -0.39 is 6.61 Å². The lowest BCUT2D eigenvalue weighted by atomic mass is 9.97. The predicted molar refractivity (Wildman–Crippen MR) is 93.2 cm³/mol. The number of urea groups is 1. The topological polar surface area (TPSA) is 96.7 Å². The first-order chi connectivity index (χ1) is 12.3. The first-order valence-corrected chi connectivity index (χ1v) is 8.47. The van der Waals surface area contributed by atoms with Crippen LogP contribution in [0, 0.1) is 12.8 Å². The van der Waals surface area contributed by atoms with Gasteiger partial charge in [0.25, 0.3) is 0 Å². The highest BCUT2D eigenvalue weighted by Gasteiger charge is 2.23. The van der Waals surface area contributed by atoms with Crippen molar-refractivity contribution < 1.29 is 23.1 Å². The van der Waals surface area contributed by atoms with Gasteiger partial charge in [-0.05, 0) is 50.1 Å². The molecule has 1 aromatic carbocycles. The number of benzene rings is 1. The Morgan fingerprint density at radius 3 is 2.85 bits per heavy atom. The third kappa shape index (κ3) is 6.14. The van der Waals surface area contributed by atoms with Gasteiger partial charge in [0.1, 0.15) is 5.75 Å². The monoisotopic (exact) mass is 370 g/mol. The van der Waals surface area contributed by atoms with Crippen LogP contribution in [0.3, 0.4) is 0 Å². The lowest BCUT2D eigenvalue weighted by Gasteiger charge is -2.31. The molecule has 1 unspecified atom stereocenters. The molecule has 1 saturated heterocycles. The van der Waals surface area contributed by atoms with Crippen molar-refractivity contribution in [3.63, 3.8) is 0 Å². The van der Waals surface area contributed by atoms with Crippen molar-refractivity contribution in [3.05, 3.63) is 23.8 Å². The van der Waals surface area contributed by atoms with E-state index >= 15 is 0 Å². The summed E-state index contributed by atoms with van der Waals surface area (Å²) in [6.07, 6.45) is 1.72. The van der Waals surface area contributed by atoms with Gasteiger partial charge in [0.05, 0.1) is 5.92 Å². The number of piperidine rings is 1. The molecule has 1 aromatic rings. The Kier molecular flexibility index (Phi) is 7.14. The molecule has 1 fully saturated rings. The fraction of sp³-hybridized carbons (Fsp3) is 0.529. The van der Waals surface area contributed by atoms with Crippen LogP contribution in [-0.2, 0) is 4.79 Å². The molecule has 0 aliphatic carbocycles. The molecule has 1 aliphatic rings. The number of amides is 3. The maximum atomic E-state index is 12.2. The van der Waals surface area contributed by atoms with Crippen LogP contribution in [0.1, 0.15) is 18.4 Å². The van der Waals surface area contributed by atoms with Crippen LogP contribution in [0.25, 0.3) is 0 Å². The summed E-state index contributed by atoms with van der Waals surface area (Å²) in [6, 6.07) is 3.92. The van der Waals surface area contributed by atoms with Crippen LogP contribution in [0.2, 0.25) is 0 Å². The minimum absolute atomic E-state index is 0.0394. The summed E-state index contributed by atoms with van der Waals surface area (Å²) < 4.78 is 28.7. The van der Waals surface area contributed by atoms with Gasteiger partial charge in [-0.15, -0.1) is 0 Å². The normalized spacial score (nSPS) is 17.8. The minimum atomic E-state index is -2.89. The molecule has 0 saturated carbocycles. The molecule has 9 heteroatoms. The van der Waals surface area contributed by atoms with Crippen molar-refractivity contribution in [1.82, 2.24) is 10.2 Å². The number of ether oxygens (including phenoxy) is 1. The lowest BCUT2D eigenvalue weighted by molar-refractivity contribution is -0.123. The number of halogens is 2. The van der Waals surface area contributed by atoms with Crippen LogP contribution in [0.15, 0.2) is 18.2 Å². The van der Waals surface area contributed by atoms with E-state index in [0.29, 0.717) is 30.9 Å². The number of carbonyl (C=O) groups excluding carboxylic acids is 2. The fourth-order valence-corrected chi connectivity index (χ4v) is 2.94. The highest BCUT2D eigenvalue weighted by Crippen LogP contribution is 2.22. The van der Waals surface area contributed by atoms with E-state index in [2.05, 4.69) is 20.3 Å². The number of carbonyl (C=O) groups is 2. The first-order valence-electron chi connectivity index (χ1n) is 8.47. The van der Waals surface area contributed by atoms with E-state index in [1.165, 1.54) is 18.2 Å². The molecule has 0 bridgehead atoms. The van der Waals surface area contributed by atoms with Gasteiger partial charge in [-0.3, -0.25) is 4.79 Å². The highest BCUT2D eigenvalue weighted by atomic mass is 19.3. The van der Waals surface area contributed by atoms with Crippen molar-refractivity contribution in [2.24, 2.45) is 11.7 Å². The van der Waals surface area contributed by atoms with Gasteiger partial charge in [-0.25, -0.2) is 4.79 Å². The molecule has 3 amide bonds. The van der Waals surface area contributed by atoms with Crippen LogP contribution in [0.4, 0.5) is 19.3 Å². The van der Waals surface area contributed by atoms with Crippen LogP contribution < -0.4 is 21.1 Å². The van der Waals surface area contributed by atoms with Gasteiger partial charge in [0.2, 0.25) is 5.91 Å². The van der Waals surface area contributed by atoms with Gasteiger partial charge >= 0.3 is 12.6 Å². The number of likely N-dealkylation sites (tertiary alicyclic amines) is 1. The SMILES string of the molecule is Cc1cc(OC(F)F)ccc1NC(=O)NCCN1CCCC(C(N)=O)C1. The van der Waals surface area contributed by atoms with Gasteiger partial charge in [-0.2, -0.15) is 8.78 Å². The molecule has 144 valence electrons. The minimum Gasteiger partial charge on any atom is -0.435 e. The van der Waals surface area contributed by atoms with E-state index in [9.17, 15) is 18.4 Å². The number of nitrogens with two attached hydrogens (primary N) is 1. The summed E-state index contributed by atoms with van der Waals surface area (Å²) in [5.74, 6) is -0.373. The first kappa shape index (κ1) is 19.9. The van der Waals surface area contributed by atoms with E-state index in [4.69, 9.17) is 5.73 Å². The molecular weight excluding hydrogens is 346 g/mol. The second kappa shape index (κ2) is 9.33. The molecule has 1 heterocycles. The van der Waals surface area contributed by atoms with Gasteiger partial charge in [0.15, 0.2) is 0 Å². The van der Waals surface area contributed by atoms with Crippen molar-refractivity contribution in [1.29, 1.82) is 0 Å². The third-order valence-electron chi connectivity index (χ3n) is 4.29. The van der Waals surface area contributed by atoms with Crippen molar-refractivity contribution in [2.45, 2.75) is 26.4 Å². The molecule has 2 rings (SSSR count). The maximum Gasteiger partial charge on any atom is 0.387 e. The molecule has 26 heavy (non-hydrogen) atoms. The lowest BCUT2D eigenvalue weighted by Crippen LogP contribution is -2.44. The molecule has 0 aromatic heterocycles. The fourth-order valence-electron chi connectivity index (χ4n) is 2.94. The van der Waals surface area contributed by atoms with Crippen LogP contribution >= 0.6 is 0 Å². The standard InChI is InChI=1S/C17H24F2N4O3/c1-11-9-13(26-16(18)19)4-5-14(11)22-17(25)21-6-8-23-7-2-3-12(10-23)15(20)24/h4-5,9,12,16H,2-3,6-8,10H2,1H3,(H2,20,24)(H2,21,22,25). The Morgan fingerprint density at radius 1 is 1.42 bits per heavy atom. The molecule has 0 spiro atoms. The third-order valence-corrected chi connectivity index (χ3v) is 4.29. The Balaban J connectivity index is 1.76. The number of hydrogen-bond donors (Lipinski definition) is 3. The largest absolute Gasteiger partial charge is 0.435 e. The zero-order chi connectivity index (χ0) is 19.1. The number of rotatable bonds is 7. The number of nitrogens with one attached hydrogen (secondary N) is 2. The average molecular weight is 370 g/mol. The number of aryl methyl sites for hydroxylation is 1. The van der Waals surface area contributed by atoms with Crippen LogP contribution in [0.5, 0.6) is 5.75 Å². The number of nitrogens with zero attached hydrogens (tertiary/aromatic N) is 1. The average Bonchev–Trinajstić information content (AvgIpc) is 2.57. The zero-order valence-corrected chi connectivity index (χ0v) is 14.6. The van der Waals surface area contributed by atoms with Gasteiger partial charge < -0.3 is 26.0 Å². The zero-order valence-electron chi connectivity index (χ0n) is 14.6. The van der Waals surface area contributed by atoms with E-state index in [1.807, 2.05) is 0 Å². The second-order valence-electron chi connectivity index (χ2n) is 6.28. The quantitative estimate of drug-likeness (QED) is 0.683. The van der Waals surface area contributed by atoms with E-state index in [0.717, 1.165) is 19.4 Å². The van der Waals surface area contributed by atoms with E-state index in [1.54, 1.807) is 6.92 Å². The molecule has 7 nitrogen and oxygen atoms in total. The number of primary amides is 1. The van der Waals surface area contributed by atoms with Crippen molar-refractivity contribution in [2.75, 3.05) is 31.5 Å². The summed E-state index contributed by atoms with van der Waals surface area (Å²) in [4.78, 5) is 25.3. The summed E-state index contributed by atoms with van der Waals surface area (Å²) in [5, 5.41) is 5.41. The Labute approximate surface area is 150 Å². The Hall–Kier alpha value is -2.42. The second-order valence-corrected chi connectivity index (χ2v) is 6.28. The molecular formula is C17H24F2N4O3. The van der Waals surface area contributed by atoms with Crippen molar-refractivity contribution in [3.8, 4) is 5.75 Å². The van der Waals surface area contributed by atoms with Gasteiger partial charge in [-0.1, -0.05) is 0 Å². The summed E-state index contributed by atoms with van der Waals surface area (Å²) >= 11 is 0. The number of anilines is 1. The summed E-state index contributed by atoms with van der Waals surface area (Å²) in [6.45, 7) is 1.33. The molecule has 1 atom stereocenters. The van der Waals surface area contributed by atoms with Gasteiger partial charge in [0, 0.05) is 25.3 Å². The number of alkyl halides is 2. The maximum absolute atomic E-state index is 12.2. The van der Waals surface area contributed by atoms with Crippen molar-refractivity contribution >= 4 is 17.6 Å². The Morgan fingerprint density at radius 2 is 2.19 bits per heavy atom. The molecule has 0 radical (unpaired) electrons. The Bertz CT molecular complexity index is 642. The number of hydrogen-bond acceptors (Lipinski definition) is 4.